The second-order valence-electron chi connectivity index (χ2n) is 5.35. The van der Waals surface area contributed by atoms with Crippen molar-refractivity contribution in [3.05, 3.63) is 31.8 Å². The highest BCUT2D eigenvalue weighted by molar-refractivity contribution is 14.1. The van der Waals surface area contributed by atoms with Crippen molar-refractivity contribution in [3.8, 4) is 0 Å². The first kappa shape index (κ1) is 17.4. The maximum Gasteiger partial charge on any atom is 0.328 e. The lowest BCUT2D eigenvalue weighted by Crippen LogP contribution is -2.42. The average Bonchev–Trinajstić information content (AvgIpc) is 2.29. The molecule has 1 atom stereocenters. The van der Waals surface area contributed by atoms with Crippen molar-refractivity contribution in [2.75, 3.05) is 0 Å². The minimum atomic E-state index is -0.698. The fourth-order valence-electron chi connectivity index (χ4n) is 1.39. The van der Waals surface area contributed by atoms with E-state index in [2.05, 4.69) is 43.8 Å². The van der Waals surface area contributed by atoms with Crippen LogP contribution in [0.25, 0.3) is 0 Å². The van der Waals surface area contributed by atoms with E-state index in [0.29, 0.717) is 5.56 Å². The molecule has 6 heteroatoms. The zero-order valence-corrected chi connectivity index (χ0v) is 15.5. The summed E-state index contributed by atoms with van der Waals surface area (Å²) in [5.41, 5.74) is -0.0457. The van der Waals surface area contributed by atoms with Crippen LogP contribution in [-0.2, 0) is 9.53 Å². The van der Waals surface area contributed by atoms with Crippen LogP contribution in [-0.4, -0.2) is 23.5 Å². The first-order valence-electron chi connectivity index (χ1n) is 6.09. The Bertz CT molecular complexity index is 526. The largest absolute Gasteiger partial charge is 0.458 e. The molecule has 4 nitrogen and oxygen atoms in total. The Morgan fingerprint density at radius 1 is 1.35 bits per heavy atom. The molecule has 0 saturated heterocycles. The smallest absolute Gasteiger partial charge is 0.328 e. The van der Waals surface area contributed by atoms with E-state index in [1.165, 1.54) is 0 Å². The van der Waals surface area contributed by atoms with Gasteiger partial charge in [0.2, 0.25) is 0 Å². The third-order valence-electron chi connectivity index (χ3n) is 2.28. The average molecular weight is 454 g/mol. The molecule has 20 heavy (non-hydrogen) atoms. The van der Waals surface area contributed by atoms with E-state index >= 15 is 0 Å². The second-order valence-corrected chi connectivity index (χ2v) is 7.43. The van der Waals surface area contributed by atoms with Gasteiger partial charge in [-0.15, -0.1) is 0 Å². The number of benzene rings is 1. The lowest BCUT2D eigenvalue weighted by Gasteiger charge is -2.22. The molecule has 0 aliphatic carbocycles. The summed E-state index contributed by atoms with van der Waals surface area (Å²) in [6, 6.07) is 4.71. The van der Waals surface area contributed by atoms with Gasteiger partial charge in [-0.2, -0.15) is 0 Å². The van der Waals surface area contributed by atoms with Crippen molar-refractivity contribution in [1.29, 1.82) is 0 Å². The molecular formula is C14H17BrINO3. The molecule has 0 saturated carbocycles. The van der Waals surface area contributed by atoms with Crippen molar-refractivity contribution < 1.29 is 14.3 Å². The van der Waals surface area contributed by atoms with E-state index in [4.69, 9.17) is 4.74 Å². The standard InChI is InChI=1S/C14H17BrINO3/c1-8(13(19)20-14(2,3)4)17-12(18)10-7-9(15)5-6-11(10)16/h5-8H,1-4H3,(H,17,18)/t8-/m1/s1. The van der Waals surface area contributed by atoms with Crippen LogP contribution in [0.4, 0.5) is 0 Å². The van der Waals surface area contributed by atoms with Gasteiger partial charge in [0.05, 0.1) is 5.56 Å². The fraction of sp³-hybridized carbons (Fsp3) is 0.429. The van der Waals surface area contributed by atoms with Gasteiger partial charge in [-0.25, -0.2) is 4.79 Å². The molecule has 0 unspecified atom stereocenters. The second kappa shape index (κ2) is 6.89. The van der Waals surface area contributed by atoms with Crippen LogP contribution in [0.1, 0.15) is 38.1 Å². The monoisotopic (exact) mass is 453 g/mol. The third-order valence-corrected chi connectivity index (χ3v) is 3.71. The molecule has 1 N–H and O–H groups in total. The summed E-state index contributed by atoms with van der Waals surface area (Å²) in [4.78, 5) is 24.0. The summed E-state index contributed by atoms with van der Waals surface area (Å²) in [6.07, 6.45) is 0. The van der Waals surface area contributed by atoms with Gasteiger partial charge in [-0.3, -0.25) is 4.79 Å². The third kappa shape index (κ3) is 5.40. The molecule has 0 aliphatic rings. The summed E-state index contributed by atoms with van der Waals surface area (Å²) < 4.78 is 6.86. The minimum absolute atomic E-state index is 0.297. The zero-order valence-electron chi connectivity index (χ0n) is 11.8. The van der Waals surface area contributed by atoms with Crippen LogP contribution in [0.3, 0.4) is 0 Å². The van der Waals surface area contributed by atoms with Crippen LogP contribution in [0.5, 0.6) is 0 Å². The molecule has 0 aromatic heterocycles. The molecule has 1 aromatic rings. The maximum absolute atomic E-state index is 12.2. The van der Waals surface area contributed by atoms with Crippen LogP contribution in [0, 0.1) is 3.57 Å². The number of hydrogen-bond donors (Lipinski definition) is 1. The number of nitrogens with one attached hydrogen (secondary N) is 1. The van der Waals surface area contributed by atoms with Crippen molar-refractivity contribution in [3.63, 3.8) is 0 Å². The zero-order chi connectivity index (χ0) is 15.5. The van der Waals surface area contributed by atoms with E-state index in [0.717, 1.165) is 8.04 Å². The van der Waals surface area contributed by atoms with Gasteiger partial charge >= 0.3 is 5.97 Å². The molecular weight excluding hydrogens is 437 g/mol. The van der Waals surface area contributed by atoms with Crippen LogP contribution in [0.2, 0.25) is 0 Å². The molecule has 0 spiro atoms. The Kier molecular flexibility index (Phi) is 6.00. The van der Waals surface area contributed by atoms with E-state index in [1.54, 1.807) is 33.8 Å². The minimum Gasteiger partial charge on any atom is -0.458 e. The van der Waals surface area contributed by atoms with E-state index < -0.39 is 17.6 Å². The number of amides is 1. The molecule has 0 radical (unpaired) electrons. The number of halogens is 2. The lowest BCUT2D eigenvalue weighted by molar-refractivity contribution is -0.156. The first-order valence-corrected chi connectivity index (χ1v) is 7.96. The number of ether oxygens (including phenoxy) is 1. The summed E-state index contributed by atoms with van der Waals surface area (Å²) in [7, 11) is 0. The number of esters is 1. The highest BCUT2D eigenvalue weighted by Crippen LogP contribution is 2.18. The normalized spacial score (nSPS) is 12.7. The predicted octanol–water partition coefficient (Wildman–Crippen LogP) is 3.51. The van der Waals surface area contributed by atoms with Crippen LogP contribution in [0.15, 0.2) is 22.7 Å². The predicted molar refractivity (Wildman–Crippen MR) is 89.6 cm³/mol. The molecule has 110 valence electrons. The topological polar surface area (TPSA) is 55.4 Å². The summed E-state index contributed by atoms with van der Waals surface area (Å²) in [5, 5.41) is 2.65. The Morgan fingerprint density at radius 2 is 1.95 bits per heavy atom. The van der Waals surface area contributed by atoms with E-state index in [1.807, 2.05) is 12.1 Å². The Balaban J connectivity index is 2.75. The summed E-state index contributed by atoms with van der Waals surface area (Å²) in [5.74, 6) is -0.745. The SMILES string of the molecule is C[C@@H](NC(=O)c1cc(Br)ccc1I)C(=O)OC(C)(C)C. The quantitative estimate of drug-likeness (QED) is 0.562. The molecule has 0 heterocycles. The number of rotatable bonds is 3. The first-order chi connectivity index (χ1) is 9.10. The van der Waals surface area contributed by atoms with Gasteiger partial charge in [0.25, 0.3) is 5.91 Å². The van der Waals surface area contributed by atoms with Crippen molar-refractivity contribution in [1.82, 2.24) is 5.32 Å². The number of hydrogen-bond acceptors (Lipinski definition) is 3. The van der Waals surface area contributed by atoms with Gasteiger partial charge in [0.15, 0.2) is 0 Å². The van der Waals surface area contributed by atoms with Gasteiger partial charge in [-0.05, 0) is 68.5 Å². The van der Waals surface area contributed by atoms with Crippen molar-refractivity contribution >= 4 is 50.4 Å². The molecule has 0 fully saturated rings. The Morgan fingerprint density at radius 3 is 2.50 bits per heavy atom. The van der Waals surface area contributed by atoms with Crippen LogP contribution < -0.4 is 5.32 Å². The number of carbonyl (C=O) groups is 2. The van der Waals surface area contributed by atoms with E-state index in [-0.39, 0.29) is 5.91 Å². The Labute approximate surface area is 140 Å². The molecule has 0 aliphatic heterocycles. The van der Waals surface area contributed by atoms with E-state index in [9.17, 15) is 9.59 Å². The Hall–Kier alpha value is -0.630. The highest BCUT2D eigenvalue weighted by Gasteiger charge is 2.23. The van der Waals surface area contributed by atoms with Crippen LogP contribution >= 0.6 is 38.5 Å². The van der Waals surface area contributed by atoms with Gasteiger partial charge in [0.1, 0.15) is 11.6 Å². The maximum atomic E-state index is 12.2. The van der Waals surface area contributed by atoms with Gasteiger partial charge < -0.3 is 10.1 Å². The molecule has 1 rings (SSSR count). The van der Waals surface area contributed by atoms with Crippen molar-refractivity contribution in [2.24, 2.45) is 0 Å². The molecule has 0 bridgehead atoms. The molecule has 1 amide bonds. The highest BCUT2D eigenvalue weighted by atomic mass is 127. The molecule has 1 aromatic carbocycles. The van der Waals surface area contributed by atoms with Crippen molar-refractivity contribution in [2.45, 2.75) is 39.3 Å². The van der Waals surface area contributed by atoms with Gasteiger partial charge in [0, 0.05) is 8.04 Å². The summed E-state index contributed by atoms with van der Waals surface area (Å²) in [6.45, 7) is 6.97. The fourth-order valence-corrected chi connectivity index (χ4v) is 2.34. The summed E-state index contributed by atoms with van der Waals surface area (Å²) >= 11 is 5.41. The lowest BCUT2D eigenvalue weighted by atomic mass is 10.2. The van der Waals surface area contributed by atoms with Gasteiger partial charge in [-0.1, -0.05) is 15.9 Å². The number of carbonyl (C=O) groups excluding carboxylic acids is 2.